The molecule has 2 atom stereocenters. The van der Waals surface area contributed by atoms with E-state index in [1.807, 2.05) is 0 Å². The van der Waals surface area contributed by atoms with Crippen LogP contribution in [0.25, 0.3) is 0 Å². The molecule has 1 heteroatoms. The van der Waals surface area contributed by atoms with Gasteiger partial charge in [-0.3, -0.25) is 0 Å². The summed E-state index contributed by atoms with van der Waals surface area (Å²) in [5, 5.41) is 3.86. The van der Waals surface area contributed by atoms with Crippen LogP contribution in [0.15, 0.2) is 24.3 Å². The fraction of sp³-hybridized carbons (Fsp3) is 0.625. The van der Waals surface area contributed by atoms with Crippen LogP contribution in [0.4, 0.5) is 0 Å². The van der Waals surface area contributed by atoms with Crippen LogP contribution in [0, 0.1) is 5.92 Å². The van der Waals surface area contributed by atoms with E-state index < -0.39 is 0 Å². The van der Waals surface area contributed by atoms with E-state index in [9.17, 15) is 0 Å². The van der Waals surface area contributed by atoms with Crippen LogP contribution in [-0.4, -0.2) is 6.04 Å². The molecule has 0 bridgehead atoms. The van der Waals surface area contributed by atoms with E-state index in [2.05, 4.69) is 43.4 Å². The maximum Gasteiger partial charge on any atom is 0.0325 e. The topological polar surface area (TPSA) is 12.0 Å². The van der Waals surface area contributed by atoms with E-state index in [1.165, 1.54) is 25.7 Å². The van der Waals surface area contributed by atoms with Crippen LogP contribution in [0.2, 0.25) is 0 Å². The van der Waals surface area contributed by atoms with Gasteiger partial charge in [-0.15, -0.1) is 0 Å². The summed E-state index contributed by atoms with van der Waals surface area (Å²) in [5.74, 6) is 1.68. The predicted octanol–water partition coefficient (Wildman–Crippen LogP) is 4.01. The highest BCUT2D eigenvalue weighted by atomic mass is 15.0. The Bertz CT molecular complexity index is 392. The molecule has 1 aromatic rings. The van der Waals surface area contributed by atoms with Gasteiger partial charge in [0.2, 0.25) is 0 Å². The zero-order chi connectivity index (χ0) is 11.8. The fourth-order valence-electron chi connectivity index (χ4n) is 3.50. The fourth-order valence-corrected chi connectivity index (χ4v) is 3.50. The zero-order valence-electron chi connectivity index (χ0n) is 10.9. The van der Waals surface area contributed by atoms with Crippen molar-refractivity contribution in [3.05, 3.63) is 35.4 Å². The van der Waals surface area contributed by atoms with Gasteiger partial charge in [-0.05, 0) is 48.6 Å². The van der Waals surface area contributed by atoms with Gasteiger partial charge in [-0.25, -0.2) is 0 Å². The van der Waals surface area contributed by atoms with E-state index in [4.69, 9.17) is 0 Å². The summed E-state index contributed by atoms with van der Waals surface area (Å²) < 4.78 is 0. The van der Waals surface area contributed by atoms with Gasteiger partial charge in [-0.2, -0.15) is 0 Å². The number of benzene rings is 1. The summed E-state index contributed by atoms with van der Waals surface area (Å²) in [5.41, 5.74) is 3.13. The van der Waals surface area contributed by atoms with Crippen molar-refractivity contribution in [2.24, 2.45) is 5.92 Å². The SMILES string of the molecule is CC1CC(NC2CCC(C)c3ccccc32)C1. The molecule has 0 amide bonds. The summed E-state index contributed by atoms with van der Waals surface area (Å²) in [6, 6.07) is 10.4. The van der Waals surface area contributed by atoms with E-state index in [0.717, 1.165) is 17.9 Å². The maximum atomic E-state index is 3.86. The number of fused-ring (bicyclic) bond motifs is 1. The lowest BCUT2D eigenvalue weighted by Gasteiger charge is -2.39. The highest BCUT2D eigenvalue weighted by Gasteiger charge is 2.30. The first-order valence-corrected chi connectivity index (χ1v) is 7.09. The smallest absolute Gasteiger partial charge is 0.0325 e. The Hall–Kier alpha value is -0.820. The van der Waals surface area contributed by atoms with E-state index in [-0.39, 0.29) is 0 Å². The highest BCUT2D eigenvalue weighted by molar-refractivity contribution is 5.35. The number of hydrogen-bond donors (Lipinski definition) is 1. The largest absolute Gasteiger partial charge is 0.307 e. The third-order valence-corrected chi connectivity index (χ3v) is 4.60. The summed E-state index contributed by atoms with van der Waals surface area (Å²) in [4.78, 5) is 0. The number of hydrogen-bond acceptors (Lipinski definition) is 1. The molecule has 0 radical (unpaired) electrons. The van der Waals surface area contributed by atoms with Crippen molar-refractivity contribution in [1.29, 1.82) is 0 Å². The van der Waals surface area contributed by atoms with Crippen molar-refractivity contribution in [1.82, 2.24) is 5.32 Å². The minimum atomic E-state index is 0.611. The van der Waals surface area contributed by atoms with Crippen LogP contribution >= 0.6 is 0 Å². The van der Waals surface area contributed by atoms with Gasteiger partial charge in [0.15, 0.2) is 0 Å². The molecule has 0 spiro atoms. The quantitative estimate of drug-likeness (QED) is 0.808. The van der Waals surface area contributed by atoms with Crippen molar-refractivity contribution >= 4 is 0 Å². The second kappa shape index (κ2) is 4.45. The van der Waals surface area contributed by atoms with Crippen LogP contribution in [-0.2, 0) is 0 Å². The molecule has 0 saturated heterocycles. The van der Waals surface area contributed by atoms with Crippen LogP contribution in [0.3, 0.4) is 0 Å². The first-order chi connectivity index (χ1) is 8.24. The number of rotatable bonds is 2. The van der Waals surface area contributed by atoms with Gasteiger partial charge >= 0.3 is 0 Å². The third-order valence-electron chi connectivity index (χ3n) is 4.60. The molecule has 1 saturated carbocycles. The molecule has 3 rings (SSSR count). The average molecular weight is 229 g/mol. The Morgan fingerprint density at radius 2 is 1.71 bits per heavy atom. The summed E-state index contributed by atoms with van der Waals surface area (Å²) >= 11 is 0. The minimum absolute atomic E-state index is 0.611. The Morgan fingerprint density at radius 1 is 1.00 bits per heavy atom. The minimum Gasteiger partial charge on any atom is -0.307 e. The first-order valence-electron chi connectivity index (χ1n) is 7.09. The molecule has 1 nitrogen and oxygen atoms in total. The van der Waals surface area contributed by atoms with Gasteiger partial charge < -0.3 is 5.32 Å². The molecule has 17 heavy (non-hydrogen) atoms. The first kappa shape index (κ1) is 11.3. The van der Waals surface area contributed by atoms with E-state index in [0.29, 0.717) is 6.04 Å². The molecule has 0 heterocycles. The molecule has 92 valence electrons. The second-order valence-electron chi connectivity index (χ2n) is 6.10. The lowest BCUT2D eigenvalue weighted by Crippen LogP contribution is -2.43. The van der Waals surface area contributed by atoms with Gasteiger partial charge in [0.25, 0.3) is 0 Å². The lowest BCUT2D eigenvalue weighted by molar-refractivity contribution is 0.213. The van der Waals surface area contributed by atoms with E-state index in [1.54, 1.807) is 11.1 Å². The number of nitrogens with one attached hydrogen (secondary N) is 1. The van der Waals surface area contributed by atoms with Gasteiger partial charge in [0.05, 0.1) is 0 Å². The van der Waals surface area contributed by atoms with Gasteiger partial charge in [-0.1, -0.05) is 38.1 Å². The van der Waals surface area contributed by atoms with Crippen molar-refractivity contribution in [2.75, 3.05) is 0 Å². The monoisotopic (exact) mass is 229 g/mol. The average Bonchev–Trinajstić information content (AvgIpc) is 2.31. The summed E-state index contributed by atoms with van der Waals surface area (Å²) in [6.07, 6.45) is 5.38. The van der Waals surface area contributed by atoms with Gasteiger partial charge in [0.1, 0.15) is 0 Å². The standard InChI is InChI=1S/C16H23N/c1-11-9-13(10-11)17-16-8-7-12(2)14-5-3-4-6-15(14)16/h3-6,11-13,16-17H,7-10H2,1-2H3. The molecule has 0 aliphatic heterocycles. The summed E-state index contributed by atoms with van der Waals surface area (Å²) in [7, 11) is 0. The van der Waals surface area contributed by atoms with Crippen molar-refractivity contribution in [3.63, 3.8) is 0 Å². The highest BCUT2D eigenvalue weighted by Crippen LogP contribution is 2.38. The Balaban J connectivity index is 1.76. The van der Waals surface area contributed by atoms with Crippen molar-refractivity contribution in [2.45, 2.75) is 57.5 Å². The molecular weight excluding hydrogens is 206 g/mol. The van der Waals surface area contributed by atoms with Crippen LogP contribution in [0.1, 0.15) is 62.6 Å². The molecule has 1 fully saturated rings. The Morgan fingerprint density at radius 3 is 2.41 bits per heavy atom. The van der Waals surface area contributed by atoms with Crippen LogP contribution < -0.4 is 5.32 Å². The van der Waals surface area contributed by atoms with E-state index >= 15 is 0 Å². The Labute approximate surface area is 105 Å². The third kappa shape index (κ3) is 2.13. The lowest BCUT2D eigenvalue weighted by atomic mass is 9.77. The normalized spacial score (nSPS) is 36.1. The molecule has 2 unspecified atom stereocenters. The molecule has 2 aliphatic carbocycles. The molecule has 1 N–H and O–H groups in total. The van der Waals surface area contributed by atoms with Crippen molar-refractivity contribution < 1.29 is 0 Å². The zero-order valence-corrected chi connectivity index (χ0v) is 10.9. The maximum absolute atomic E-state index is 3.86. The molecule has 0 aromatic heterocycles. The van der Waals surface area contributed by atoms with Gasteiger partial charge in [0, 0.05) is 12.1 Å². The predicted molar refractivity (Wildman–Crippen MR) is 72.2 cm³/mol. The summed E-state index contributed by atoms with van der Waals surface area (Å²) in [6.45, 7) is 4.72. The molecule has 1 aromatic carbocycles. The van der Waals surface area contributed by atoms with Crippen molar-refractivity contribution in [3.8, 4) is 0 Å². The van der Waals surface area contributed by atoms with Crippen LogP contribution in [0.5, 0.6) is 0 Å². The molecule has 2 aliphatic rings. The second-order valence-corrected chi connectivity index (χ2v) is 6.10. The molecular formula is C16H23N. The Kier molecular flexibility index (Phi) is 2.96.